The van der Waals surface area contributed by atoms with Crippen molar-refractivity contribution in [3.63, 3.8) is 0 Å². The molecule has 2 fully saturated rings. The smallest absolute Gasteiger partial charge is 0.254 e. The highest BCUT2D eigenvalue weighted by molar-refractivity contribution is 7.08. The lowest BCUT2D eigenvalue weighted by atomic mass is 10.0. The normalized spacial score (nSPS) is 23.5. The van der Waals surface area contributed by atoms with E-state index in [1.807, 2.05) is 33.9 Å². The van der Waals surface area contributed by atoms with Crippen LogP contribution in [-0.2, 0) is 6.54 Å². The molecule has 5 heteroatoms. The van der Waals surface area contributed by atoms with Gasteiger partial charge in [-0.2, -0.15) is 11.3 Å². The summed E-state index contributed by atoms with van der Waals surface area (Å²) in [7, 11) is 1.71. The molecule has 2 saturated heterocycles. The Hall–Kier alpha value is -1.85. The lowest BCUT2D eigenvalue weighted by molar-refractivity contribution is 0.0774. The number of benzene rings is 1. The first kappa shape index (κ1) is 15.7. The van der Waals surface area contributed by atoms with E-state index in [1.165, 1.54) is 5.56 Å². The zero-order valence-electron chi connectivity index (χ0n) is 13.9. The number of ether oxygens (including phenoxy) is 1. The molecular weight excluding hydrogens is 320 g/mol. The lowest BCUT2D eigenvalue weighted by Crippen LogP contribution is -2.32. The highest BCUT2D eigenvalue weighted by atomic mass is 32.1. The van der Waals surface area contributed by atoms with Crippen molar-refractivity contribution >= 4 is 17.2 Å². The maximum absolute atomic E-state index is 12.5. The molecule has 0 aliphatic carbocycles. The van der Waals surface area contributed by atoms with Gasteiger partial charge in [0.2, 0.25) is 0 Å². The SMILES string of the molecule is COc1cccc(CN2CC3CN(C(=O)c4ccsc4)CC3C2)c1. The highest BCUT2D eigenvalue weighted by Crippen LogP contribution is 2.33. The molecule has 0 N–H and O–H groups in total. The zero-order valence-corrected chi connectivity index (χ0v) is 14.7. The predicted octanol–water partition coefficient (Wildman–Crippen LogP) is 2.96. The van der Waals surface area contributed by atoms with Crippen LogP contribution in [0, 0.1) is 11.8 Å². The number of carbonyl (C=O) groups excluding carboxylic acids is 1. The second-order valence-electron chi connectivity index (χ2n) is 6.79. The quantitative estimate of drug-likeness (QED) is 0.856. The molecule has 0 radical (unpaired) electrons. The summed E-state index contributed by atoms with van der Waals surface area (Å²) in [4.78, 5) is 17.0. The van der Waals surface area contributed by atoms with E-state index in [1.54, 1.807) is 18.4 Å². The average molecular weight is 342 g/mol. The third-order valence-corrected chi connectivity index (χ3v) is 5.84. The fourth-order valence-electron chi connectivity index (χ4n) is 3.98. The minimum absolute atomic E-state index is 0.199. The van der Waals surface area contributed by atoms with E-state index >= 15 is 0 Å². The summed E-state index contributed by atoms with van der Waals surface area (Å²) < 4.78 is 5.31. The van der Waals surface area contributed by atoms with E-state index in [2.05, 4.69) is 17.0 Å². The van der Waals surface area contributed by atoms with Gasteiger partial charge < -0.3 is 9.64 Å². The number of fused-ring (bicyclic) bond motifs is 1. The molecule has 0 bridgehead atoms. The molecule has 2 aliphatic heterocycles. The van der Waals surface area contributed by atoms with Gasteiger partial charge in [-0.15, -0.1) is 0 Å². The Labute approximate surface area is 146 Å². The number of thiophene rings is 1. The summed E-state index contributed by atoms with van der Waals surface area (Å²) in [6.45, 7) is 4.91. The largest absolute Gasteiger partial charge is 0.497 e. The Morgan fingerprint density at radius 2 is 2.00 bits per heavy atom. The Kier molecular flexibility index (Phi) is 4.29. The fourth-order valence-corrected chi connectivity index (χ4v) is 4.61. The van der Waals surface area contributed by atoms with Gasteiger partial charge in [-0.05, 0) is 41.0 Å². The third-order valence-electron chi connectivity index (χ3n) is 5.16. The Bertz CT molecular complexity index is 702. The first-order chi connectivity index (χ1) is 11.7. The van der Waals surface area contributed by atoms with E-state index in [-0.39, 0.29) is 5.91 Å². The van der Waals surface area contributed by atoms with Crippen LogP contribution in [0.4, 0.5) is 0 Å². The number of methoxy groups -OCH3 is 1. The molecule has 2 atom stereocenters. The van der Waals surface area contributed by atoms with E-state index < -0.39 is 0 Å². The van der Waals surface area contributed by atoms with Gasteiger partial charge in [0.15, 0.2) is 0 Å². The molecule has 3 heterocycles. The molecule has 0 saturated carbocycles. The van der Waals surface area contributed by atoms with Gasteiger partial charge in [0.05, 0.1) is 12.7 Å². The van der Waals surface area contributed by atoms with E-state index in [4.69, 9.17) is 4.74 Å². The zero-order chi connectivity index (χ0) is 16.5. The summed E-state index contributed by atoms with van der Waals surface area (Å²) in [5.74, 6) is 2.33. The minimum Gasteiger partial charge on any atom is -0.497 e. The van der Waals surface area contributed by atoms with Crippen molar-refractivity contribution in [1.82, 2.24) is 9.80 Å². The van der Waals surface area contributed by atoms with Gasteiger partial charge in [0, 0.05) is 38.1 Å². The molecule has 24 heavy (non-hydrogen) atoms. The number of hydrogen-bond acceptors (Lipinski definition) is 4. The maximum Gasteiger partial charge on any atom is 0.254 e. The summed E-state index contributed by atoms with van der Waals surface area (Å²) in [5, 5.41) is 3.92. The van der Waals surface area contributed by atoms with Gasteiger partial charge in [0.25, 0.3) is 5.91 Å². The third kappa shape index (κ3) is 3.06. The van der Waals surface area contributed by atoms with Crippen molar-refractivity contribution in [2.75, 3.05) is 33.3 Å². The van der Waals surface area contributed by atoms with Crippen LogP contribution in [0.1, 0.15) is 15.9 Å². The number of likely N-dealkylation sites (tertiary alicyclic amines) is 2. The number of carbonyl (C=O) groups is 1. The molecule has 4 nitrogen and oxygen atoms in total. The molecule has 2 aliphatic rings. The van der Waals surface area contributed by atoms with Gasteiger partial charge >= 0.3 is 0 Å². The molecule has 1 aromatic heterocycles. The topological polar surface area (TPSA) is 32.8 Å². The van der Waals surface area contributed by atoms with Gasteiger partial charge in [0.1, 0.15) is 5.75 Å². The minimum atomic E-state index is 0.199. The van der Waals surface area contributed by atoms with Crippen LogP contribution in [0.2, 0.25) is 0 Å². The second-order valence-corrected chi connectivity index (χ2v) is 7.57. The average Bonchev–Trinajstić information content (AvgIpc) is 3.30. The van der Waals surface area contributed by atoms with Gasteiger partial charge in [-0.1, -0.05) is 12.1 Å². The summed E-state index contributed by atoms with van der Waals surface area (Å²) >= 11 is 1.59. The molecule has 4 rings (SSSR count). The monoisotopic (exact) mass is 342 g/mol. The van der Waals surface area contributed by atoms with Crippen LogP contribution in [-0.4, -0.2) is 49.0 Å². The molecule has 1 aromatic carbocycles. The second kappa shape index (κ2) is 6.57. The lowest BCUT2D eigenvalue weighted by Gasteiger charge is -2.21. The molecule has 2 unspecified atom stereocenters. The van der Waals surface area contributed by atoms with Crippen molar-refractivity contribution in [3.8, 4) is 5.75 Å². The van der Waals surface area contributed by atoms with Crippen LogP contribution in [0.15, 0.2) is 41.1 Å². The first-order valence-electron chi connectivity index (χ1n) is 8.39. The molecule has 2 aromatic rings. The summed E-state index contributed by atoms with van der Waals surface area (Å²) in [6.07, 6.45) is 0. The van der Waals surface area contributed by atoms with Crippen molar-refractivity contribution in [1.29, 1.82) is 0 Å². The Morgan fingerprint density at radius 1 is 1.21 bits per heavy atom. The first-order valence-corrected chi connectivity index (χ1v) is 9.34. The van der Waals surface area contributed by atoms with Crippen LogP contribution in [0.3, 0.4) is 0 Å². The van der Waals surface area contributed by atoms with Crippen LogP contribution < -0.4 is 4.74 Å². The van der Waals surface area contributed by atoms with Crippen LogP contribution in [0.25, 0.3) is 0 Å². The Morgan fingerprint density at radius 3 is 2.67 bits per heavy atom. The van der Waals surface area contributed by atoms with E-state index in [0.717, 1.165) is 44.0 Å². The van der Waals surface area contributed by atoms with Gasteiger partial charge in [-0.3, -0.25) is 9.69 Å². The number of nitrogens with zero attached hydrogens (tertiary/aromatic N) is 2. The summed E-state index contributed by atoms with van der Waals surface area (Å²) in [6, 6.07) is 10.2. The highest BCUT2D eigenvalue weighted by Gasteiger charge is 2.41. The molecule has 1 amide bonds. The van der Waals surface area contributed by atoms with E-state index in [9.17, 15) is 4.79 Å². The Balaban J connectivity index is 1.35. The molecule has 126 valence electrons. The van der Waals surface area contributed by atoms with Crippen molar-refractivity contribution in [3.05, 3.63) is 52.2 Å². The van der Waals surface area contributed by atoms with E-state index in [0.29, 0.717) is 11.8 Å². The molecular formula is C19H22N2O2S. The standard InChI is InChI=1S/C19H22N2O2S/c1-23-18-4-2-3-14(7-18)8-20-9-16-11-21(12-17(16)10-20)19(22)15-5-6-24-13-15/h2-7,13,16-17H,8-12H2,1H3. The van der Waals surface area contributed by atoms with Crippen LogP contribution in [0.5, 0.6) is 5.75 Å². The van der Waals surface area contributed by atoms with Crippen molar-refractivity contribution in [2.45, 2.75) is 6.54 Å². The number of hydrogen-bond donors (Lipinski definition) is 0. The van der Waals surface area contributed by atoms with Crippen molar-refractivity contribution in [2.24, 2.45) is 11.8 Å². The van der Waals surface area contributed by atoms with Crippen LogP contribution >= 0.6 is 11.3 Å². The predicted molar refractivity (Wildman–Crippen MR) is 95.5 cm³/mol. The van der Waals surface area contributed by atoms with Gasteiger partial charge in [-0.25, -0.2) is 0 Å². The van der Waals surface area contributed by atoms with Crippen molar-refractivity contribution < 1.29 is 9.53 Å². The number of rotatable bonds is 4. The number of amides is 1. The summed E-state index contributed by atoms with van der Waals surface area (Å²) in [5.41, 5.74) is 2.13. The molecule has 0 spiro atoms. The maximum atomic E-state index is 12.5. The fraction of sp³-hybridized carbons (Fsp3) is 0.421.